The molecule has 1 aliphatic heterocycles. The molecule has 0 bridgehead atoms. The Labute approximate surface area is 93.8 Å². The van der Waals surface area contributed by atoms with Crippen molar-refractivity contribution in [2.75, 3.05) is 0 Å². The second-order valence-corrected chi connectivity index (χ2v) is 4.28. The highest BCUT2D eigenvalue weighted by molar-refractivity contribution is 5.67. The van der Waals surface area contributed by atoms with E-state index in [-0.39, 0.29) is 6.42 Å². The zero-order valence-corrected chi connectivity index (χ0v) is 9.32. The molecule has 86 valence electrons. The van der Waals surface area contributed by atoms with Gasteiger partial charge >= 0.3 is 5.97 Å². The van der Waals surface area contributed by atoms with Crippen molar-refractivity contribution in [3.8, 4) is 11.5 Å². The van der Waals surface area contributed by atoms with E-state index in [1.165, 1.54) is 0 Å². The van der Waals surface area contributed by atoms with E-state index in [9.17, 15) is 4.79 Å². The fourth-order valence-corrected chi connectivity index (χ4v) is 1.67. The molecule has 0 unspecified atom stereocenters. The maximum absolute atomic E-state index is 10.5. The van der Waals surface area contributed by atoms with Crippen molar-refractivity contribution in [1.82, 2.24) is 0 Å². The van der Waals surface area contributed by atoms with Gasteiger partial charge in [0.2, 0.25) is 5.79 Å². The number of hydrogen-bond donors (Lipinski definition) is 1. The molecule has 0 amide bonds. The van der Waals surface area contributed by atoms with E-state index in [4.69, 9.17) is 14.6 Å². The minimum Gasteiger partial charge on any atom is -0.481 e. The Balaban J connectivity index is 2.13. The van der Waals surface area contributed by atoms with Crippen molar-refractivity contribution in [2.45, 2.75) is 32.5 Å². The van der Waals surface area contributed by atoms with Crippen LogP contribution < -0.4 is 9.47 Å². The number of carboxylic acids is 1. The predicted molar refractivity (Wildman–Crippen MR) is 57.7 cm³/mol. The first kappa shape index (κ1) is 10.8. The number of benzene rings is 1. The number of ether oxygens (including phenoxy) is 2. The molecule has 0 fully saturated rings. The third-order valence-corrected chi connectivity index (χ3v) is 2.35. The van der Waals surface area contributed by atoms with Gasteiger partial charge in [-0.1, -0.05) is 6.07 Å². The van der Waals surface area contributed by atoms with E-state index >= 15 is 0 Å². The van der Waals surface area contributed by atoms with E-state index in [0.717, 1.165) is 5.56 Å². The molecule has 0 saturated heterocycles. The summed E-state index contributed by atoms with van der Waals surface area (Å²) in [6, 6.07) is 5.53. The summed E-state index contributed by atoms with van der Waals surface area (Å²) in [6.07, 6.45) is 0.634. The first-order valence-corrected chi connectivity index (χ1v) is 5.19. The summed E-state index contributed by atoms with van der Waals surface area (Å²) < 4.78 is 11.1. The average molecular weight is 222 g/mol. The Kier molecular flexibility index (Phi) is 2.50. The second kappa shape index (κ2) is 3.70. The number of aliphatic carboxylic acids is 1. The molecule has 2 rings (SSSR count). The van der Waals surface area contributed by atoms with Crippen molar-refractivity contribution in [1.29, 1.82) is 0 Å². The zero-order chi connectivity index (χ0) is 11.8. The monoisotopic (exact) mass is 222 g/mol. The average Bonchev–Trinajstić information content (AvgIpc) is 2.47. The SMILES string of the molecule is CC1(C)Oc2ccc(CCC(=O)O)cc2O1. The van der Waals surface area contributed by atoms with Gasteiger partial charge in [0, 0.05) is 20.3 Å². The molecule has 0 aromatic heterocycles. The largest absolute Gasteiger partial charge is 0.481 e. The smallest absolute Gasteiger partial charge is 0.303 e. The lowest BCUT2D eigenvalue weighted by molar-refractivity contribution is -0.136. The van der Waals surface area contributed by atoms with E-state index < -0.39 is 11.8 Å². The van der Waals surface area contributed by atoms with Gasteiger partial charge in [-0.2, -0.15) is 0 Å². The third-order valence-electron chi connectivity index (χ3n) is 2.35. The van der Waals surface area contributed by atoms with Crippen LogP contribution in [0.2, 0.25) is 0 Å². The second-order valence-electron chi connectivity index (χ2n) is 4.28. The number of carbonyl (C=O) groups is 1. The van der Waals surface area contributed by atoms with Gasteiger partial charge < -0.3 is 14.6 Å². The zero-order valence-electron chi connectivity index (χ0n) is 9.32. The first-order valence-electron chi connectivity index (χ1n) is 5.19. The summed E-state index contributed by atoms with van der Waals surface area (Å²) in [7, 11) is 0. The van der Waals surface area contributed by atoms with Crippen LogP contribution in [0.25, 0.3) is 0 Å². The first-order chi connectivity index (χ1) is 7.46. The van der Waals surface area contributed by atoms with Crippen LogP contribution in [0.15, 0.2) is 18.2 Å². The van der Waals surface area contributed by atoms with Gasteiger partial charge in [-0.25, -0.2) is 0 Å². The maximum atomic E-state index is 10.5. The number of rotatable bonds is 3. The molecule has 1 heterocycles. The molecule has 1 aliphatic rings. The van der Waals surface area contributed by atoms with Gasteiger partial charge in [0.15, 0.2) is 11.5 Å². The molecule has 0 atom stereocenters. The lowest BCUT2D eigenvalue weighted by Crippen LogP contribution is -2.29. The normalized spacial score (nSPS) is 16.1. The molecule has 16 heavy (non-hydrogen) atoms. The van der Waals surface area contributed by atoms with Crippen LogP contribution in [0.3, 0.4) is 0 Å². The van der Waals surface area contributed by atoms with E-state index in [2.05, 4.69) is 0 Å². The molecular weight excluding hydrogens is 208 g/mol. The standard InChI is InChI=1S/C12H14O4/c1-12(2)15-9-5-3-8(4-6-11(13)14)7-10(9)16-12/h3,5,7H,4,6H2,1-2H3,(H,13,14). The molecule has 4 nitrogen and oxygen atoms in total. The minimum atomic E-state index is -0.794. The molecule has 0 aliphatic carbocycles. The lowest BCUT2D eigenvalue weighted by Gasteiger charge is -2.16. The summed E-state index contributed by atoms with van der Waals surface area (Å²) in [5, 5.41) is 8.60. The predicted octanol–water partition coefficient (Wildman–Crippen LogP) is 2.21. The Morgan fingerprint density at radius 3 is 2.69 bits per heavy atom. The van der Waals surface area contributed by atoms with Crippen LogP contribution in [-0.2, 0) is 11.2 Å². The summed E-state index contributed by atoms with van der Waals surface area (Å²) in [6.45, 7) is 3.67. The van der Waals surface area contributed by atoms with Gasteiger partial charge in [0.05, 0.1) is 0 Å². The van der Waals surface area contributed by atoms with Crippen molar-refractivity contribution >= 4 is 5.97 Å². The van der Waals surface area contributed by atoms with Crippen LogP contribution >= 0.6 is 0 Å². The minimum absolute atomic E-state index is 0.128. The summed E-state index contributed by atoms with van der Waals surface area (Å²) in [4.78, 5) is 10.5. The Morgan fingerprint density at radius 1 is 1.31 bits per heavy atom. The van der Waals surface area contributed by atoms with Crippen molar-refractivity contribution in [3.05, 3.63) is 23.8 Å². The molecule has 0 saturated carbocycles. The van der Waals surface area contributed by atoms with E-state index in [0.29, 0.717) is 17.9 Å². The molecule has 1 N–H and O–H groups in total. The highest BCUT2D eigenvalue weighted by atomic mass is 16.7. The van der Waals surface area contributed by atoms with Crippen molar-refractivity contribution in [2.24, 2.45) is 0 Å². The van der Waals surface area contributed by atoms with Gasteiger partial charge in [-0.3, -0.25) is 4.79 Å². The Morgan fingerprint density at radius 2 is 2.00 bits per heavy atom. The molecule has 0 radical (unpaired) electrons. The van der Waals surface area contributed by atoms with E-state index in [1.54, 1.807) is 0 Å². The quantitative estimate of drug-likeness (QED) is 0.851. The van der Waals surface area contributed by atoms with Gasteiger partial charge in [-0.15, -0.1) is 0 Å². The van der Waals surface area contributed by atoms with Crippen LogP contribution in [0.4, 0.5) is 0 Å². The molecule has 4 heteroatoms. The summed E-state index contributed by atoms with van der Waals surface area (Å²) in [5.41, 5.74) is 0.947. The Bertz CT molecular complexity index is 423. The van der Waals surface area contributed by atoms with Crippen molar-refractivity contribution < 1.29 is 19.4 Å². The van der Waals surface area contributed by atoms with Gasteiger partial charge in [0.1, 0.15) is 0 Å². The Hall–Kier alpha value is -1.71. The third kappa shape index (κ3) is 2.27. The van der Waals surface area contributed by atoms with Crippen LogP contribution in [-0.4, -0.2) is 16.9 Å². The van der Waals surface area contributed by atoms with Crippen LogP contribution in [0, 0.1) is 0 Å². The molecule has 1 aromatic carbocycles. The molecular formula is C12H14O4. The molecule has 0 spiro atoms. The van der Waals surface area contributed by atoms with Gasteiger partial charge in [-0.05, 0) is 24.1 Å². The number of hydrogen-bond acceptors (Lipinski definition) is 3. The van der Waals surface area contributed by atoms with Crippen molar-refractivity contribution in [3.63, 3.8) is 0 Å². The summed E-state index contributed by atoms with van der Waals surface area (Å²) >= 11 is 0. The fraction of sp³-hybridized carbons (Fsp3) is 0.417. The molecule has 1 aromatic rings. The van der Waals surface area contributed by atoms with Crippen LogP contribution in [0.1, 0.15) is 25.8 Å². The highest BCUT2D eigenvalue weighted by Gasteiger charge is 2.31. The van der Waals surface area contributed by atoms with Crippen LogP contribution in [0.5, 0.6) is 11.5 Å². The summed E-state index contributed by atoms with van der Waals surface area (Å²) in [5.74, 6) is -0.0248. The highest BCUT2D eigenvalue weighted by Crippen LogP contribution is 2.39. The van der Waals surface area contributed by atoms with E-state index in [1.807, 2.05) is 32.0 Å². The lowest BCUT2D eigenvalue weighted by atomic mass is 10.1. The number of carboxylic acid groups (broad SMARTS) is 1. The topological polar surface area (TPSA) is 55.8 Å². The fourth-order valence-electron chi connectivity index (χ4n) is 1.67. The number of aryl methyl sites for hydroxylation is 1. The maximum Gasteiger partial charge on any atom is 0.303 e. The number of fused-ring (bicyclic) bond motifs is 1. The van der Waals surface area contributed by atoms with Gasteiger partial charge in [0.25, 0.3) is 0 Å².